The van der Waals surface area contributed by atoms with Crippen molar-refractivity contribution in [3.63, 3.8) is 0 Å². The summed E-state index contributed by atoms with van der Waals surface area (Å²) >= 11 is 0. The highest BCUT2D eigenvalue weighted by molar-refractivity contribution is 5.99. The van der Waals surface area contributed by atoms with Gasteiger partial charge in [0, 0.05) is 30.6 Å². The van der Waals surface area contributed by atoms with E-state index in [1.165, 1.54) is 13.3 Å². The van der Waals surface area contributed by atoms with Crippen LogP contribution in [0.3, 0.4) is 0 Å². The van der Waals surface area contributed by atoms with E-state index in [0.29, 0.717) is 23.7 Å². The van der Waals surface area contributed by atoms with Gasteiger partial charge in [-0.05, 0) is 53.9 Å². The van der Waals surface area contributed by atoms with Crippen molar-refractivity contribution in [1.82, 2.24) is 5.32 Å². The normalized spacial score (nSPS) is 12.1. The van der Waals surface area contributed by atoms with E-state index >= 15 is 0 Å². The van der Waals surface area contributed by atoms with Gasteiger partial charge < -0.3 is 26.4 Å². The molecule has 3 aromatic carbocycles. The van der Waals surface area contributed by atoms with Crippen molar-refractivity contribution in [2.45, 2.75) is 39.3 Å². The van der Waals surface area contributed by atoms with Crippen molar-refractivity contribution in [3.05, 3.63) is 96.4 Å². The van der Waals surface area contributed by atoms with Crippen LogP contribution in [0.15, 0.2) is 78.9 Å². The molecule has 9 nitrogen and oxygen atoms in total. The molecule has 9 heteroatoms. The Labute approximate surface area is 228 Å². The molecule has 0 fully saturated rings. The molecule has 1 radical (unpaired) electrons. The summed E-state index contributed by atoms with van der Waals surface area (Å²) in [6.07, 6.45) is 1.70. The molecule has 0 aliphatic heterocycles. The van der Waals surface area contributed by atoms with Crippen LogP contribution >= 0.6 is 0 Å². The number of nitrogens with one attached hydrogen (secondary N) is 3. The fourth-order valence-electron chi connectivity index (χ4n) is 3.61. The number of carbonyl (C=O) groups is 4. The molecule has 2 unspecified atom stereocenters. The molecule has 0 heterocycles. The van der Waals surface area contributed by atoms with Gasteiger partial charge in [0.05, 0.1) is 6.42 Å². The second kappa shape index (κ2) is 14.3. The fourth-order valence-corrected chi connectivity index (χ4v) is 3.61. The SMILES string of the molecule is CC(=O)Nc1ccc(NC(=O)C(Cc2ccc(OCc3ccccc3)cc2)NC(=O)[CH]CC(C)C(N)=O)cc1. The predicted molar refractivity (Wildman–Crippen MR) is 150 cm³/mol. The van der Waals surface area contributed by atoms with Crippen molar-refractivity contribution in [1.29, 1.82) is 0 Å². The lowest BCUT2D eigenvalue weighted by Gasteiger charge is -2.19. The van der Waals surface area contributed by atoms with Crippen LogP contribution in [0.5, 0.6) is 5.75 Å². The standard InChI is InChI=1S/C30H33N4O5/c1-20(29(31)37)8-17-28(36)34-27(30(38)33-25-13-11-24(12-14-25)32-21(2)35)18-22-9-15-26(16-10-22)39-19-23-6-4-3-5-7-23/h3-7,9-17,20,27H,8,18-19H2,1-2H3,(H2,31,37)(H,32,35)(H,33,38)(H,34,36). The number of nitrogens with two attached hydrogens (primary N) is 1. The molecule has 0 spiro atoms. The first-order valence-corrected chi connectivity index (χ1v) is 12.6. The molecule has 0 saturated heterocycles. The molecule has 4 amide bonds. The number of amides is 4. The minimum atomic E-state index is -0.899. The molecular weight excluding hydrogens is 496 g/mol. The molecular formula is C30H33N4O5. The van der Waals surface area contributed by atoms with Gasteiger partial charge in [0.15, 0.2) is 0 Å². The van der Waals surface area contributed by atoms with Crippen LogP contribution in [0.4, 0.5) is 11.4 Å². The van der Waals surface area contributed by atoms with Crippen molar-refractivity contribution < 1.29 is 23.9 Å². The number of benzene rings is 3. The second-order valence-corrected chi connectivity index (χ2v) is 9.17. The highest BCUT2D eigenvalue weighted by Crippen LogP contribution is 2.17. The lowest BCUT2D eigenvalue weighted by Crippen LogP contribution is -2.45. The highest BCUT2D eigenvalue weighted by Gasteiger charge is 2.22. The molecule has 3 rings (SSSR count). The summed E-state index contributed by atoms with van der Waals surface area (Å²) in [6, 6.07) is 22.9. The van der Waals surface area contributed by atoms with Crippen LogP contribution in [-0.2, 0) is 32.2 Å². The van der Waals surface area contributed by atoms with E-state index in [0.717, 1.165) is 11.1 Å². The maximum Gasteiger partial charge on any atom is 0.247 e. The minimum absolute atomic E-state index is 0.160. The van der Waals surface area contributed by atoms with Crippen molar-refractivity contribution >= 4 is 35.0 Å². The molecule has 3 aromatic rings. The van der Waals surface area contributed by atoms with E-state index in [-0.39, 0.29) is 18.7 Å². The van der Waals surface area contributed by atoms with Gasteiger partial charge in [-0.15, -0.1) is 0 Å². The Morgan fingerprint density at radius 1 is 0.846 bits per heavy atom. The van der Waals surface area contributed by atoms with Gasteiger partial charge in [0.25, 0.3) is 0 Å². The van der Waals surface area contributed by atoms with Crippen LogP contribution in [0, 0.1) is 12.3 Å². The molecule has 5 N–H and O–H groups in total. The Hall–Kier alpha value is -4.66. The zero-order chi connectivity index (χ0) is 28.2. The van der Waals surface area contributed by atoms with Crippen LogP contribution in [0.25, 0.3) is 0 Å². The number of anilines is 2. The third-order valence-electron chi connectivity index (χ3n) is 5.86. The summed E-state index contributed by atoms with van der Waals surface area (Å²) in [5.41, 5.74) is 8.24. The number of hydrogen-bond acceptors (Lipinski definition) is 5. The van der Waals surface area contributed by atoms with Gasteiger partial charge >= 0.3 is 0 Å². The van der Waals surface area contributed by atoms with Gasteiger partial charge in [-0.3, -0.25) is 19.2 Å². The lowest BCUT2D eigenvalue weighted by molar-refractivity contribution is -0.125. The Morgan fingerprint density at radius 3 is 2.05 bits per heavy atom. The van der Waals surface area contributed by atoms with E-state index in [9.17, 15) is 19.2 Å². The van der Waals surface area contributed by atoms with Crippen LogP contribution in [-0.4, -0.2) is 29.7 Å². The number of hydrogen-bond donors (Lipinski definition) is 4. The third kappa shape index (κ3) is 9.96. The van der Waals surface area contributed by atoms with Gasteiger partial charge in [-0.25, -0.2) is 0 Å². The molecule has 0 aliphatic rings. The Kier molecular flexibility index (Phi) is 10.6. The largest absolute Gasteiger partial charge is 0.489 e. The number of rotatable bonds is 13. The maximum absolute atomic E-state index is 13.2. The number of ether oxygens (including phenoxy) is 1. The molecule has 2 atom stereocenters. The molecule has 0 bridgehead atoms. The smallest absolute Gasteiger partial charge is 0.247 e. The first-order valence-electron chi connectivity index (χ1n) is 12.6. The van der Waals surface area contributed by atoms with Gasteiger partial charge in [0.1, 0.15) is 18.4 Å². The highest BCUT2D eigenvalue weighted by atomic mass is 16.5. The summed E-state index contributed by atoms with van der Waals surface area (Å²) in [5, 5.41) is 8.20. The average Bonchev–Trinajstić information content (AvgIpc) is 2.92. The molecule has 0 saturated carbocycles. The summed E-state index contributed by atoms with van der Waals surface area (Å²) in [6.45, 7) is 3.47. The van der Waals surface area contributed by atoms with E-state index < -0.39 is 29.7 Å². The monoisotopic (exact) mass is 529 g/mol. The topological polar surface area (TPSA) is 140 Å². The van der Waals surface area contributed by atoms with E-state index in [1.807, 2.05) is 54.6 Å². The number of carbonyl (C=O) groups excluding carboxylic acids is 4. The van der Waals surface area contributed by atoms with Crippen LogP contribution in [0.1, 0.15) is 31.4 Å². The van der Waals surface area contributed by atoms with E-state index in [1.54, 1.807) is 31.2 Å². The first-order chi connectivity index (χ1) is 18.7. The lowest BCUT2D eigenvalue weighted by atomic mass is 10.0. The average molecular weight is 530 g/mol. The Balaban J connectivity index is 1.66. The molecule has 0 aromatic heterocycles. The summed E-state index contributed by atoms with van der Waals surface area (Å²) in [5.74, 6) is -1.43. The molecule has 0 aliphatic carbocycles. The van der Waals surface area contributed by atoms with Gasteiger partial charge in [-0.2, -0.15) is 0 Å². The van der Waals surface area contributed by atoms with E-state index in [4.69, 9.17) is 10.5 Å². The first kappa shape index (κ1) is 28.9. The van der Waals surface area contributed by atoms with Crippen molar-refractivity contribution in [2.75, 3.05) is 10.6 Å². The number of primary amides is 1. The third-order valence-corrected chi connectivity index (χ3v) is 5.86. The zero-order valence-corrected chi connectivity index (χ0v) is 22.0. The van der Waals surface area contributed by atoms with Crippen LogP contribution < -0.4 is 26.4 Å². The van der Waals surface area contributed by atoms with Crippen LogP contribution in [0.2, 0.25) is 0 Å². The maximum atomic E-state index is 13.2. The quantitative estimate of drug-likeness (QED) is 0.268. The summed E-state index contributed by atoms with van der Waals surface area (Å²) in [7, 11) is 0. The van der Waals surface area contributed by atoms with Crippen molar-refractivity contribution in [3.8, 4) is 5.75 Å². The van der Waals surface area contributed by atoms with E-state index in [2.05, 4.69) is 16.0 Å². The Bertz CT molecular complexity index is 1260. The second-order valence-electron chi connectivity index (χ2n) is 9.17. The zero-order valence-electron chi connectivity index (χ0n) is 22.0. The predicted octanol–water partition coefficient (Wildman–Crippen LogP) is 3.61. The molecule has 39 heavy (non-hydrogen) atoms. The fraction of sp³-hybridized carbons (Fsp3) is 0.233. The summed E-state index contributed by atoms with van der Waals surface area (Å²) < 4.78 is 5.83. The Morgan fingerprint density at radius 2 is 1.46 bits per heavy atom. The summed E-state index contributed by atoms with van der Waals surface area (Å²) in [4.78, 5) is 48.3. The van der Waals surface area contributed by atoms with Gasteiger partial charge in [0.2, 0.25) is 23.6 Å². The van der Waals surface area contributed by atoms with Crippen molar-refractivity contribution in [2.24, 2.45) is 11.7 Å². The van der Waals surface area contributed by atoms with Gasteiger partial charge in [-0.1, -0.05) is 49.4 Å². The molecule has 203 valence electrons. The minimum Gasteiger partial charge on any atom is -0.489 e.